The molecule has 0 saturated heterocycles. The number of ether oxygens (including phenoxy) is 1. The van der Waals surface area contributed by atoms with Gasteiger partial charge in [0.05, 0.1) is 29.3 Å². The van der Waals surface area contributed by atoms with Gasteiger partial charge in [0.25, 0.3) is 0 Å². The molecule has 0 unspecified atom stereocenters. The number of fused-ring (bicyclic) bond motifs is 2. The van der Waals surface area contributed by atoms with Gasteiger partial charge in [0.1, 0.15) is 0 Å². The van der Waals surface area contributed by atoms with Crippen molar-refractivity contribution in [2.45, 2.75) is 19.4 Å². The molecule has 2 aromatic carbocycles. The topological polar surface area (TPSA) is 85.5 Å². The molecule has 6 nitrogen and oxygen atoms in total. The second-order valence-corrected chi connectivity index (χ2v) is 7.52. The van der Waals surface area contributed by atoms with Gasteiger partial charge in [-0.1, -0.05) is 35.6 Å². The first-order chi connectivity index (χ1) is 13.1. The van der Waals surface area contributed by atoms with E-state index in [9.17, 15) is 9.59 Å². The lowest BCUT2D eigenvalue weighted by molar-refractivity contribution is -0.117. The maximum Gasteiger partial charge on any atom is 0.340 e. The fourth-order valence-corrected chi connectivity index (χ4v) is 4.57. The Kier molecular flexibility index (Phi) is 4.53. The first-order valence-corrected chi connectivity index (χ1v) is 9.49. The summed E-state index contributed by atoms with van der Waals surface area (Å²) in [5.41, 5.74) is 9.95. The zero-order valence-corrected chi connectivity index (χ0v) is 15.7. The average molecular weight is 381 g/mol. The summed E-state index contributed by atoms with van der Waals surface area (Å²) in [6.45, 7) is 1.52. The van der Waals surface area contributed by atoms with Gasteiger partial charge >= 0.3 is 5.97 Å². The van der Waals surface area contributed by atoms with E-state index in [1.807, 2.05) is 24.3 Å². The zero-order valence-electron chi connectivity index (χ0n) is 14.9. The highest BCUT2D eigenvalue weighted by Crippen LogP contribution is 2.34. The third kappa shape index (κ3) is 3.26. The number of amides is 1. The molecule has 0 radical (unpaired) electrons. The molecule has 1 aliphatic rings. The maximum atomic E-state index is 12.0. The summed E-state index contributed by atoms with van der Waals surface area (Å²) in [5, 5.41) is 0.882. The van der Waals surface area contributed by atoms with Crippen molar-refractivity contribution in [3.8, 4) is 0 Å². The van der Waals surface area contributed by atoms with E-state index in [-0.39, 0.29) is 18.3 Å². The Bertz CT molecular complexity index is 1040. The summed E-state index contributed by atoms with van der Waals surface area (Å²) < 4.78 is 5.82. The molecule has 2 heterocycles. The van der Waals surface area contributed by atoms with Crippen LogP contribution in [0, 0.1) is 0 Å². The molecule has 1 amide bonds. The lowest BCUT2D eigenvalue weighted by Gasteiger charge is -2.29. The Hall–Kier alpha value is -2.93. The summed E-state index contributed by atoms with van der Waals surface area (Å²) >= 11 is 1.57. The molecular weight excluding hydrogens is 362 g/mol. The highest BCUT2D eigenvalue weighted by atomic mass is 32.1. The number of methoxy groups -OCH3 is 1. The number of primary amides is 1. The number of carbonyl (C=O) groups excluding carboxylic acids is 2. The van der Waals surface area contributed by atoms with Crippen LogP contribution in [0.5, 0.6) is 0 Å². The second kappa shape index (κ2) is 7.00. The van der Waals surface area contributed by atoms with Gasteiger partial charge in [-0.2, -0.15) is 0 Å². The fourth-order valence-electron chi connectivity index (χ4n) is 3.55. The van der Waals surface area contributed by atoms with Crippen molar-refractivity contribution in [1.82, 2.24) is 4.98 Å². The normalized spacial score (nSPS) is 13.4. The number of nitrogens with two attached hydrogens (primary N) is 1. The van der Waals surface area contributed by atoms with Crippen molar-refractivity contribution in [2.24, 2.45) is 5.73 Å². The Morgan fingerprint density at radius 3 is 2.85 bits per heavy atom. The van der Waals surface area contributed by atoms with Crippen LogP contribution in [0.25, 0.3) is 10.2 Å². The minimum absolute atomic E-state index is 0.271. The molecule has 4 rings (SSSR count). The Morgan fingerprint density at radius 1 is 1.26 bits per heavy atom. The minimum Gasteiger partial charge on any atom is -0.465 e. The van der Waals surface area contributed by atoms with E-state index in [0.717, 1.165) is 34.9 Å². The number of aromatic nitrogens is 1. The average Bonchev–Trinajstić information content (AvgIpc) is 3.11. The van der Waals surface area contributed by atoms with Crippen molar-refractivity contribution >= 4 is 38.6 Å². The molecular formula is C20H19N3O3S. The van der Waals surface area contributed by atoms with E-state index >= 15 is 0 Å². The van der Waals surface area contributed by atoms with Gasteiger partial charge in [0.15, 0.2) is 5.13 Å². The van der Waals surface area contributed by atoms with E-state index in [1.54, 1.807) is 17.4 Å². The van der Waals surface area contributed by atoms with Gasteiger partial charge in [0, 0.05) is 13.1 Å². The Morgan fingerprint density at radius 2 is 2.07 bits per heavy atom. The third-order valence-electron chi connectivity index (χ3n) is 4.81. The number of carbonyl (C=O) groups is 2. The predicted molar refractivity (Wildman–Crippen MR) is 105 cm³/mol. The molecule has 1 aromatic heterocycles. The number of para-hydroxylation sites is 1. The number of benzene rings is 2. The maximum absolute atomic E-state index is 12.0. The Labute approximate surface area is 160 Å². The van der Waals surface area contributed by atoms with Crippen LogP contribution >= 0.6 is 11.3 Å². The van der Waals surface area contributed by atoms with E-state index in [1.165, 1.54) is 18.2 Å². The standard InChI is InChI=1S/C20H19N3O3S/c1-26-19(25)15-6-3-7-16-18(15)22-20(27-16)23-9-8-14-12(10-17(21)24)4-2-5-13(14)11-23/h2-7H,8-11H2,1H3,(H2,21,24). The number of hydrogen-bond acceptors (Lipinski definition) is 6. The number of thiazole rings is 1. The van der Waals surface area contributed by atoms with Crippen molar-refractivity contribution in [3.63, 3.8) is 0 Å². The molecule has 0 spiro atoms. The lowest BCUT2D eigenvalue weighted by atomic mass is 9.93. The van der Waals surface area contributed by atoms with Gasteiger partial charge in [-0.15, -0.1) is 0 Å². The molecule has 138 valence electrons. The van der Waals surface area contributed by atoms with Crippen LogP contribution in [0.1, 0.15) is 27.0 Å². The van der Waals surface area contributed by atoms with Crippen LogP contribution in [0.3, 0.4) is 0 Å². The molecule has 3 aromatic rings. The van der Waals surface area contributed by atoms with Gasteiger partial charge in [-0.25, -0.2) is 9.78 Å². The van der Waals surface area contributed by atoms with Crippen LogP contribution in [0.4, 0.5) is 5.13 Å². The van der Waals surface area contributed by atoms with Gasteiger partial charge in [-0.05, 0) is 35.2 Å². The second-order valence-electron chi connectivity index (χ2n) is 6.51. The van der Waals surface area contributed by atoms with E-state index < -0.39 is 0 Å². The first-order valence-electron chi connectivity index (χ1n) is 8.67. The van der Waals surface area contributed by atoms with Crippen LogP contribution in [0.2, 0.25) is 0 Å². The number of hydrogen-bond donors (Lipinski definition) is 1. The van der Waals surface area contributed by atoms with E-state index in [0.29, 0.717) is 11.1 Å². The fraction of sp³-hybridized carbons (Fsp3) is 0.250. The molecule has 0 atom stereocenters. The van der Waals surface area contributed by atoms with Crippen LogP contribution in [-0.4, -0.2) is 30.5 Å². The zero-order chi connectivity index (χ0) is 19.0. The van der Waals surface area contributed by atoms with Crippen LogP contribution in [0.15, 0.2) is 36.4 Å². The predicted octanol–water partition coefficient (Wildman–Crippen LogP) is 2.67. The number of anilines is 1. The van der Waals surface area contributed by atoms with Crippen molar-refractivity contribution in [2.75, 3.05) is 18.6 Å². The van der Waals surface area contributed by atoms with Crippen molar-refractivity contribution in [3.05, 3.63) is 58.7 Å². The smallest absolute Gasteiger partial charge is 0.340 e. The molecule has 1 aliphatic heterocycles. The third-order valence-corrected chi connectivity index (χ3v) is 5.89. The van der Waals surface area contributed by atoms with Gasteiger partial charge in [-0.3, -0.25) is 4.79 Å². The largest absolute Gasteiger partial charge is 0.465 e. The molecule has 2 N–H and O–H groups in total. The van der Waals surface area contributed by atoms with Crippen molar-refractivity contribution < 1.29 is 14.3 Å². The summed E-state index contributed by atoms with van der Waals surface area (Å²) in [5.74, 6) is -0.690. The highest BCUT2D eigenvalue weighted by molar-refractivity contribution is 7.22. The molecule has 0 aliphatic carbocycles. The first kappa shape index (κ1) is 17.5. The minimum atomic E-state index is -0.377. The summed E-state index contributed by atoms with van der Waals surface area (Å²) in [6.07, 6.45) is 1.10. The molecule has 0 saturated carbocycles. The molecule has 0 bridgehead atoms. The summed E-state index contributed by atoms with van der Waals surface area (Å²) in [4.78, 5) is 30.2. The monoisotopic (exact) mass is 381 g/mol. The number of esters is 1. The number of rotatable bonds is 4. The quantitative estimate of drug-likeness (QED) is 0.702. The molecule has 0 fully saturated rings. The SMILES string of the molecule is COC(=O)c1cccc2sc(N3CCc4c(CC(N)=O)cccc4C3)nc12. The molecule has 27 heavy (non-hydrogen) atoms. The van der Waals surface area contributed by atoms with Crippen LogP contribution in [-0.2, 0) is 28.9 Å². The number of nitrogens with zero attached hydrogens (tertiary/aromatic N) is 2. The highest BCUT2D eigenvalue weighted by Gasteiger charge is 2.23. The Balaban J connectivity index is 1.66. The van der Waals surface area contributed by atoms with E-state index in [2.05, 4.69) is 11.0 Å². The molecule has 7 heteroatoms. The van der Waals surface area contributed by atoms with Gasteiger partial charge < -0.3 is 15.4 Å². The lowest BCUT2D eigenvalue weighted by Crippen LogP contribution is -2.31. The van der Waals surface area contributed by atoms with Crippen LogP contribution < -0.4 is 10.6 Å². The summed E-state index contributed by atoms with van der Waals surface area (Å²) in [7, 11) is 1.37. The van der Waals surface area contributed by atoms with Crippen molar-refractivity contribution in [1.29, 1.82) is 0 Å². The van der Waals surface area contributed by atoms with Gasteiger partial charge in [0.2, 0.25) is 5.91 Å². The summed E-state index contributed by atoms with van der Waals surface area (Å²) in [6, 6.07) is 11.6. The van der Waals surface area contributed by atoms with E-state index in [4.69, 9.17) is 15.5 Å².